The Labute approximate surface area is 142 Å². The van der Waals surface area contributed by atoms with Gasteiger partial charge in [0.2, 0.25) is 11.8 Å². The van der Waals surface area contributed by atoms with Gasteiger partial charge in [0.25, 0.3) is 0 Å². The molecule has 24 heavy (non-hydrogen) atoms. The minimum atomic E-state index is -4.42. The number of nitrogens with zero attached hydrogens (tertiary/aromatic N) is 3. The van der Waals surface area contributed by atoms with Crippen molar-refractivity contribution in [3.8, 4) is 0 Å². The molecule has 0 spiro atoms. The molecule has 0 aromatic carbocycles. The molecule has 1 aromatic rings. The third kappa shape index (κ3) is 5.19. The fourth-order valence-electron chi connectivity index (χ4n) is 2.48. The third-order valence-electron chi connectivity index (χ3n) is 3.68. The maximum atomic E-state index is 12.6. The van der Waals surface area contributed by atoms with E-state index >= 15 is 0 Å². The van der Waals surface area contributed by atoms with Crippen LogP contribution in [-0.2, 0) is 16.0 Å². The molecule has 0 unspecified atom stereocenters. The molecule has 134 valence electrons. The first-order valence-electron chi connectivity index (χ1n) is 7.89. The number of halogens is 3. The summed E-state index contributed by atoms with van der Waals surface area (Å²) in [5, 5.41) is 2.14. The van der Waals surface area contributed by atoms with Crippen LogP contribution in [0.2, 0.25) is 0 Å². The smallest absolute Gasteiger partial charge is 0.333 e. The van der Waals surface area contributed by atoms with E-state index in [0.29, 0.717) is 36.6 Å². The van der Waals surface area contributed by atoms with Crippen molar-refractivity contribution >= 4 is 28.3 Å². The van der Waals surface area contributed by atoms with E-state index in [1.54, 1.807) is 10.3 Å². The van der Waals surface area contributed by atoms with Crippen LogP contribution in [0.5, 0.6) is 0 Å². The first-order chi connectivity index (χ1) is 11.3. The van der Waals surface area contributed by atoms with Crippen molar-refractivity contribution < 1.29 is 22.8 Å². The van der Waals surface area contributed by atoms with E-state index in [1.165, 1.54) is 11.3 Å². The predicted octanol–water partition coefficient (Wildman–Crippen LogP) is 3.00. The number of carbonyl (C=O) groups excluding carboxylic acids is 2. The summed E-state index contributed by atoms with van der Waals surface area (Å²) in [7, 11) is 0. The Hall–Kier alpha value is -1.64. The fraction of sp³-hybridized carbons (Fsp3) is 0.667. The van der Waals surface area contributed by atoms with Gasteiger partial charge in [0.1, 0.15) is 6.54 Å². The van der Waals surface area contributed by atoms with Gasteiger partial charge in [-0.15, -0.1) is 11.3 Å². The number of anilines is 1. The van der Waals surface area contributed by atoms with Crippen LogP contribution < -0.4 is 4.90 Å². The molecule has 1 aromatic heterocycles. The zero-order valence-corrected chi connectivity index (χ0v) is 14.3. The topological polar surface area (TPSA) is 53.5 Å². The van der Waals surface area contributed by atoms with Crippen molar-refractivity contribution in [3.05, 3.63) is 11.1 Å². The second-order valence-electron chi connectivity index (χ2n) is 5.73. The van der Waals surface area contributed by atoms with Crippen molar-refractivity contribution in [2.24, 2.45) is 0 Å². The molecule has 0 radical (unpaired) electrons. The van der Waals surface area contributed by atoms with Crippen LogP contribution in [0, 0.1) is 0 Å². The minimum absolute atomic E-state index is 0.0103. The Morgan fingerprint density at radius 3 is 2.79 bits per heavy atom. The van der Waals surface area contributed by atoms with Crippen LogP contribution >= 0.6 is 11.3 Å². The summed E-state index contributed by atoms with van der Waals surface area (Å²) in [5.74, 6) is -0.603. The summed E-state index contributed by atoms with van der Waals surface area (Å²) < 4.78 is 37.9. The number of rotatable bonds is 7. The molecule has 1 fully saturated rings. The Morgan fingerprint density at radius 1 is 1.46 bits per heavy atom. The lowest BCUT2D eigenvalue weighted by molar-refractivity contribution is -0.161. The first kappa shape index (κ1) is 18.7. The van der Waals surface area contributed by atoms with Crippen molar-refractivity contribution in [2.75, 3.05) is 24.5 Å². The molecule has 2 heterocycles. The number of hydrogen-bond donors (Lipinski definition) is 0. The largest absolute Gasteiger partial charge is 0.406 e. The molecule has 2 rings (SSSR count). The predicted molar refractivity (Wildman–Crippen MR) is 84.9 cm³/mol. The number of hydrogen-bond acceptors (Lipinski definition) is 4. The highest BCUT2D eigenvalue weighted by atomic mass is 32.1. The standard InChI is InChI=1S/C15H20F3N3O2S/c1-2-3-6-20(10-15(16,17)18)13(23)8-11-9-24-14(19-11)21-7-4-5-12(21)22/h9H,2-8,10H2,1H3. The van der Waals surface area contributed by atoms with Crippen molar-refractivity contribution in [2.45, 2.75) is 45.2 Å². The highest BCUT2D eigenvalue weighted by molar-refractivity contribution is 7.14. The molecule has 1 aliphatic rings. The Kier molecular flexibility index (Phi) is 6.20. The molecule has 2 amide bonds. The fourth-order valence-corrected chi connectivity index (χ4v) is 3.34. The molecule has 5 nitrogen and oxygen atoms in total. The zero-order chi connectivity index (χ0) is 17.7. The number of unbranched alkanes of at least 4 members (excludes halogenated alkanes) is 1. The average molecular weight is 363 g/mol. The van der Waals surface area contributed by atoms with Gasteiger partial charge in [0.15, 0.2) is 5.13 Å². The van der Waals surface area contributed by atoms with Gasteiger partial charge in [-0.05, 0) is 12.8 Å². The summed E-state index contributed by atoms with van der Waals surface area (Å²) in [5.41, 5.74) is 0.406. The van der Waals surface area contributed by atoms with Crippen molar-refractivity contribution in [1.82, 2.24) is 9.88 Å². The lowest BCUT2D eigenvalue weighted by atomic mass is 10.2. The summed E-state index contributed by atoms with van der Waals surface area (Å²) in [4.78, 5) is 30.5. The summed E-state index contributed by atoms with van der Waals surface area (Å²) in [6.07, 6.45) is -2.13. The highest BCUT2D eigenvalue weighted by Gasteiger charge is 2.33. The van der Waals surface area contributed by atoms with E-state index < -0.39 is 18.6 Å². The van der Waals surface area contributed by atoms with Crippen LogP contribution in [0.3, 0.4) is 0 Å². The molecule has 0 atom stereocenters. The molecule has 1 saturated heterocycles. The number of carbonyl (C=O) groups is 2. The monoisotopic (exact) mass is 363 g/mol. The molecular formula is C15H20F3N3O2S. The number of amides is 2. The SMILES string of the molecule is CCCCN(CC(F)(F)F)C(=O)Cc1csc(N2CCCC2=O)n1. The normalized spacial score (nSPS) is 15.2. The van der Waals surface area contributed by atoms with Crippen LogP contribution in [0.15, 0.2) is 5.38 Å². The Balaban J connectivity index is 2.00. The van der Waals surface area contributed by atoms with E-state index in [4.69, 9.17) is 0 Å². The van der Waals surface area contributed by atoms with E-state index in [1.807, 2.05) is 6.92 Å². The van der Waals surface area contributed by atoms with E-state index in [-0.39, 0.29) is 18.9 Å². The van der Waals surface area contributed by atoms with Crippen LogP contribution in [-0.4, -0.2) is 47.5 Å². The second-order valence-corrected chi connectivity index (χ2v) is 6.57. The third-order valence-corrected chi connectivity index (χ3v) is 4.59. The maximum Gasteiger partial charge on any atom is 0.406 e. The van der Waals surface area contributed by atoms with E-state index in [2.05, 4.69) is 4.98 Å². The molecule has 1 aliphatic heterocycles. The second kappa shape index (κ2) is 7.96. The molecule has 0 saturated carbocycles. The van der Waals surface area contributed by atoms with E-state index in [0.717, 1.165) is 11.3 Å². The van der Waals surface area contributed by atoms with Gasteiger partial charge < -0.3 is 4.90 Å². The van der Waals surface area contributed by atoms with Crippen LogP contribution in [0.4, 0.5) is 18.3 Å². The van der Waals surface area contributed by atoms with Gasteiger partial charge in [-0.3, -0.25) is 14.5 Å². The molecular weight excluding hydrogens is 343 g/mol. The Morgan fingerprint density at radius 2 is 2.21 bits per heavy atom. The number of thiazole rings is 1. The molecule has 9 heteroatoms. The summed E-state index contributed by atoms with van der Waals surface area (Å²) in [6.45, 7) is 1.29. The first-order valence-corrected chi connectivity index (χ1v) is 8.77. The van der Waals surface area contributed by atoms with Gasteiger partial charge >= 0.3 is 6.18 Å². The van der Waals surface area contributed by atoms with Gasteiger partial charge in [-0.1, -0.05) is 13.3 Å². The van der Waals surface area contributed by atoms with Crippen LogP contribution in [0.1, 0.15) is 38.3 Å². The van der Waals surface area contributed by atoms with Crippen molar-refractivity contribution in [1.29, 1.82) is 0 Å². The van der Waals surface area contributed by atoms with Gasteiger partial charge in [0, 0.05) is 24.9 Å². The minimum Gasteiger partial charge on any atom is -0.333 e. The molecule has 0 N–H and O–H groups in total. The van der Waals surface area contributed by atoms with Crippen LogP contribution in [0.25, 0.3) is 0 Å². The summed E-state index contributed by atoms with van der Waals surface area (Å²) in [6, 6.07) is 0. The summed E-state index contributed by atoms with van der Waals surface area (Å²) >= 11 is 1.24. The highest BCUT2D eigenvalue weighted by Crippen LogP contribution is 2.26. The maximum absolute atomic E-state index is 12.6. The Bertz CT molecular complexity index is 589. The van der Waals surface area contributed by atoms with E-state index in [9.17, 15) is 22.8 Å². The lowest BCUT2D eigenvalue weighted by Crippen LogP contribution is -2.40. The van der Waals surface area contributed by atoms with Gasteiger partial charge in [0.05, 0.1) is 12.1 Å². The number of aromatic nitrogens is 1. The van der Waals surface area contributed by atoms with Gasteiger partial charge in [-0.2, -0.15) is 13.2 Å². The number of alkyl halides is 3. The molecule has 0 bridgehead atoms. The molecule has 0 aliphatic carbocycles. The quantitative estimate of drug-likeness (QED) is 0.748. The lowest BCUT2D eigenvalue weighted by Gasteiger charge is -2.23. The zero-order valence-electron chi connectivity index (χ0n) is 13.4. The van der Waals surface area contributed by atoms with Gasteiger partial charge in [-0.25, -0.2) is 4.98 Å². The average Bonchev–Trinajstić information content (AvgIpc) is 3.10. The van der Waals surface area contributed by atoms with Crippen molar-refractivity contribution in [3.63, 3.8) is 0 Å².